The van der Waals surface area contributed by atoms with Gasteiger partial charge in [0, 0.05) is 32.3 Å². The van der Waals surface area contributed by atoms with Crippen molar-refractivity contribution in [1.82, 2.24) is 24.3 Å². The van der Waals surface area contributed by atoms with Crippen molar-refractivity contribution in [3.8, 4) is 0 Å². The summed E-state index contributed by atoms with van der Waals surface area (Å²) in [5.74, 6) is 1.99. The zero-order chi connectivity index (χ0) is 13.9. The smallest absolute Gasteiger partial charge is 0.203 e. The standard InChI is InChI=1S/C14H22N6/c1-11-9-20(12-5-3-4-6-12)14(17-11)15-8-7-13-18-16-10-19(13)2/h9-10,12H,3-8H2,1-2H3,(H,15,17). The van der Waals surface area contributed by atoms with Crippen molar-refractivity contribution in [1.29, 1.82) is 0 Å². The van der Waals surface area contributed by atoms with Gasteiger partial charge in [-0.15, -0.1) is 10.2 Å². The van der Waals surface area contributed by atoms with Crippen LogP contribution in [0.25, 0.3) is 0 Å². The molecule has 0 atom stereocenters. The molecule has 6 nitrogen and oxygen atoms in total. The van der Waals surface area contributed by atoms with Gasteiger partial charge in [-0.1, -0.05) is 12.8 Å². The lowest BCUT2D eigenvalue weighted by Crippen LogP contribution is -2.14. The normalized spacial score (nSPS) is 15.9. The predicted octanol–water partition coefficient (Wildman–Crippen LogP) is 2.09. The second kappa shape index (κ2) is 5.64. The third kappa shape index (κ3) is 2.69. The van der Waals surface area contributed by atoms with E-state index >= 15 is 0 Å². The average molecular weight is 274 g/mol. The SMILES string of the molecule is Cc1cn(C2CCCC2)c(NCCc2nncn2C)n1. The van der Waals surface area contributed by atoms with Gasteiger partial charge in [-0.25, -0.2) is 4.98 Å². The van der Waals surface area contributed by atoms with Crippen molar-refractivity contribution >= 4 is 5.95 Å². The maximum Gasteiger partial charge on any atom is 0.203 e. The first-order valence-electron chi connectivity index (χ1n) is 7.36. The summed E-state index contributed by atoms with van der Waals surface area (Å²) in [6.07, 6.45) is 9.97. The van der Waals surface area contributed by atoms with Crippen LogP contribution in [0.2, 0.25) is 0 Å². The van der Waals surface area contributed by atoms with Crippen molar-refractivity contribution in [2.75, 3.05) is 11.9 Å². The molecule has 1 saturated carbocycles. The highest BCUT2D eigenvalue weighted by Crippen LogP contribution is 2.31. The van der Waals surface area contributed by atoms with E-state index in [2.05, 4.69) is 38.2 Å². The monoisotopic (exact) mass is 274 g/mol. The fraction of sp³-hybridized carbons (Fsp3) is 0.643. The molecule has 1 aliphatic carbocycles. The van der Waals surface area contributed by atoms with Gasteiger partial charge in [0.15, 0.2) is 0 Å². The first-order valence-corrected chi connectivity index (χ1v) is 7.36. The second-order valence-electron chi connectivity index (χ2n) is 5.59. The highest BCUT2D eigenvalue weighted by atomic mass is 15.3. The van der Waals surface area contributed by atoms with Crippen LogP contribution in [-0.2, 0) is 13.5 Å². The van der Waals surface area contributed by atoms with Gasteiger partial charge in [-0.3, -0.25) is 0 Å². The minimum absolute atomic E-state index is 0.619. The molecule has 6 heteroatoms. The summed E-state index contributed by atoms with van der Waals surface area (Å²) in [6.45, 7) is 2.88. The Hall–Kier alpha value is -1.85. The molecule has 0 saturated heterocycles. The number of nitrogens with zero attached hydrogens (tertiary/aromatic N) is 5. The van der Waals surface area contributed by atoms with Crippen molar-refractivity contribution in [3.05, 3.63) is 24.0 Å². The molecular weight excluding hydrogens is 252 g/mol. The van der Waals surface area contributed by atoms with E-state index in [-0.39, 0.29) is 0 Å². The van der Waals surface area contributed by atoms with E-state index in [0.717, 1.165) is 30.4 Å². The lowest BCUT2D eigenvalue weighted by molar-refractivity contribution is 0.522. The molecule has 1 aliphatic rings. The molecule has 0 aromatic carbocycles. The van der Waals surface area contributed by atoms with Crippen molar-refractivity contribution in [2.24, 2.45) is 7.05 Å². The molecule has 3 rings (SSSR count). The van der Waals surface area contributed by atoms with E-state index in [9.17, 15) is 0 Å². The molecule has 0 bridgehead atoms. The summed E-state index contributed by atoms with van der Waals surface area (Å²) in [4.78, 5) is 4.61. The third-order valence-corrected chi connectivity index (χ3v) is 4.01. The molecule has 20 heavy (non-hydrogen) atoms. The first-order chi connectivity index (χ1) is 9.74. The fourth-order valence-corrected chi connectivity index (χ4v) is 2.93. The highest BCUT2D eigenvalue weighted by molar-refractivity contribution is 5.30. The third-order valence-electron chi connectivity index (χ3n) is 4.01. The van der Waals surface area contributed by atoms with E-state index in [0.29, 0.717) is 6.04 Å². The molecule has 0 spiro atoms. The summed E-state index contributed by atoms with van der Waals surface area (Å²) in [6, 6.07) is 0.619. The van der Waals surface area contributed by atoms with Crippen molar-refractivity contribution in [3.63, 3.8) is 0 Å². The Morgan fingerprint density at radius 2 is 2.15 bits per heavy atom. The predicted molar refractivity (Wildman–Crippen MR) is 77.7 cm³/mol. The zero-order valence-corrected chi connectivity index (χ0v) is 12.2. The minimum Gasteiger partial charge on any atom is -0.355 e. The molecule has 1 fully saturated rings. The minimum atomic E-state index is 0.619. The molecule has 0 amide bonds. The largest absolute Gasteiger partial charge is 0.355 e. The van der Waals surface area contributed by atoms with Gasteiger partial charge in [0.05, 0.1) is 5.69 Å². The topological polar surface area (TPSA) is 60.6 Å². The molecule has 2 aromatic heterocycles. The van der Waals surface area contributed by atoms with E-state index in [1.54, 1.807) is 6.33 Å². The van der Waals surface area contributed by atoms with Gasteiger partial charge in [0.1, 0.15) is 12.2 Å². The molecule has 2 heterocycles. The Balaban J connectivity index is 1.63. The van der Waals surface area contributed by atoms with Crippen LogP contribution >= 0.6 is 0 Å². The highest BCUT2D eigenvalue weighted by Gasteiger charge is 2.20. The lowest BCUT2D eigenvalue weighted by atomic mass is 10.2. The number of anilines is 1. The van der Waals surface area contributed by atoms with Gasteiger partial charge in [-0.2, -0.15) is 0 Å². The molecule has 108 valence electrons. The first kappa shape index (κ1) is 13.1. The van der Waals surface area contributed by atoms with Gasteiger partial charge >= 0.3 is 0 Å². The van der Waals surface area contributed by atoms with Gasteiger partial charge in [0.2, 0.25) is 5.95 Å². The fourth-order valence-electron chi connectivity index (χ4n) is 2.93. The van der Waals surface area contributed by atoms with Crippen LogP contribution < -0.4 is 5.32 Å². The average Bonchev–Trinajstić information content (AvgIpc) is 3.12. The summed E-state index contributed by atoms with van der Waals surface area (Å²) in [5.41, 5.74) is 1.08. The van der Waals surface area contributed by atoms with Crippen LogP contribution in [0.5, 0.6) is 0 Å². The summed E-state index contributed by atoms with van der Waals surface area (Å²) in [5, 5.41) is 11.4. The molecule has 0 unspecified atom stereocenters. The molecular formula is C14H22N6. The summed E-state index contributed by atoms with van der Waals surface area (Å²) in [7, 11) is 1.97. The van der Waals surface area contributed by atoms with Crippen LogP contribution in [0.15, 0.2) is 12.5 Å². The van der Waals surface area contributed by atoms with Crippen LogP contribution in [0, 0.1) is 6.92 Å². The number of nitrogens with one attached hydrogen (secondary N) is 1. The second-order valence-corrected chi connectivity index (χ2v) is 5.59. The van der Waals surface area contributed by atoms with E-state index < -0.39 is 0 Å². The molecule has 0 radical (unpaired) electrons. The zero-order valence-electron chi connectivity index (χ0n) is 12.2. The van der Waals surface area contributed by atoms with Crippen molar-refractivity contribution < 1.29 is 0 Å². The molecule has 2 aromatic rings. The van der Waals surface area contributed by atoms with Gasteiger partial charge in [-0.05, 0) is 19.8 Å². The van der Waals surface area contributed by atoms with Gasteiger partial charge < -0.3 is 14.5 Å². The summed E-state index contributed by atoms with van der Waals surface area (Å²) >= 11 is 0. The quantitative estimate of drug-likeness (QED) is 0.907. The lowest BCUT2D eigenvalue weighted by Gasteiger charge is -2.15. The molecule has 0 aliphatic heterocycles. The Labute approximate surface area is 119 Å². The number of rotatable bonds is 5. The Bertz CT molecular complexity index is 564. The number of hydrogen-bond donors (Lipinski definition) is 1. The maximum atomic E-state index is 4.61. The number of hydrogen-bond acceptors (Lipinski definition) is 4. The van der Waals surface area contributed by atoms with Gasteiger partial charge in [0.25, 0.3) is 0 Å². The van der Waals surface area contributed by atoms with Crippen LogP contribution in [0.4, 0.5) is 5.95 Å². The maximum absolute atomic E-state index is 4.61. The van der Waals surface area contributed by atoms with E-state index in [4.69, 9.17) is 0 Å². The summed E-state index contributed by atoms with van der Waals surface area (Å²) < 4.78 is 4.27. The number of imidazole rings is 1. The Morgan fingerprint density at radius 3 is 2.85 bits per heavy atom. The number of aromatic nitrogens is 5. The number of aryl methyl sites for hydroxylation is 2. The molecule has 1 N–H and O–H groups in total. The van der Waals surface area contributed by atoms with E-state index in [1.807, 2.05) is 11.6 Å². The van der Waals surface area contributed by atoms with Crippen LogP contribution in [-0.4, -0.2) is 30.9 Å². The van der Waals surface area contributed by atoms with Crippen LogP contribution in [0.3, 0.4) is 0 Å². The van der Waals surface area contributed by atoms with Crippen LogP contribution in [0.1, 0.15) is 43.2 Å². The Morgan fingerprint density at radius 1 is 1.35 bits per heavy atom. The van der Waals surface area contributed by atoms with Crippen molar-refractivity contribution in [2.45, 2.75) is 45.1 Å². The van der Waals surface area contributed by atoms with E-state index in [1.165, 1.54) is 25.7 Å². The Kier molecular flexibility index (Phi) is 3.71.